The topological polar surface area (TPSA) is 64.4 Å². The van der Waals surface area contributed by atoms with Gasteiger partial charge in [0.05, 0.1) is 23.2 Å². The lowest BCUT2D eigenvalue weighted by Crippen LogP contribution is -2.33. The zero-order valence-electron chi connectivity index (χ0n) is 16.3. The summed E-state index contributed by atoms with van der Waals surface area (Å²) >= 11 is 0. The molecular formula is C21H25N3O3S. The van der Waals surface area contributed by atoms with Gasteiger partial charge in [-0.2, -0.15) is 5.10 Å². The highest BCUT2D eigenvalue weighted by Crippen LogP contribution is 2.25. The molecule has 0 unspecified atom stereocenters. The number of ether oxygens (including phenoxy) is 1. The molecule has 0 fully saturated rings. The quantitative estimate of drug-likeness (QED) is 0.583. The van der Waals surface area contributed by atoms with Crippen LogP contribution in [0.25, 0.3) is 16.9 Å². The Labute approximate surface area is 166 Å². The molecule has 0 aliphatic heterocycles. The highest BCUT2D eigenvalue weighted by atomic mass is 32.2. The van der Waals surface area contributed by atoms with Crippen molar-refractivity contribution < 1.29 is 13.2 Å². The fourth-order valence-corrected chi connectivity index (χ4v) is 4.23. The van der Waals surface area contributed by atoms with E-state index in [4.69, 9.17) is 9.84 Å². The molecule has 3 aromatic rings. The lowest BCUT2D eigenvalue weighted by Gasteiger charge is -2.19. The number of rotatable bonds is 8. The van der Waals surface area contributed by atoms with Crippen LogP contribution in [-0.2, 0) is 21.3 Å². The van der Waals surface area contributed by atoms with Crippen molar-refractivity contribution in [3.05, 3.63) is 72.4 Å². The molecule has 0 aliphatic rings. The van der Waals surface area contributed by atoms with Gasteiger partial charge in [-0.1, -0.05) is 48.5 Å². The Morgan fingerprint density at radius 1 is 1.07 bits per heavy atom. The molecule has 0 saturated heterocycles. The third kappa shape index (κ3) is 4.67. The van der Waals surface area contributed by atoms with Crippen LogP contribution in [0.3, 0.4) is 0 Å². The molecule has 3 rings (SSSR count). The van der Waals surface area contributed by atoms with Crippen LogP contribution in [0.1, 0.15) is 12.5 Å². The van der Waals surface area contributed by atoms with Crippen molar-refractivity contribution in [1.82, 2.24) is 14.1 Å². The van der Waals surface area contributed by atoms with E-state index in [1.165, 1.54) is 11.4 Å². The van der Waals surface area contributed by atoms with Crippen LogP contribution < -0.4 is 0 Å². The van der Waals surface area contributed by atoms with Gasteiger partial charge in [0.2, 0.25) is 10.0 Å². The van der Waals surface area contributed by atoms with Gasteiger partial charge in [0.15, 0.2) is 0 Å². The predicted octanol–water partition coefficient (Wildman–Crippen LogP) is 3.34. The number of hydrogen-bond donors (Lipinski definition) is 0. The summed E-state index contributed by atoms with van der Waals surface area (Å²) in [4.78, 5) is 0. The number of benzene rings is 2. The van der Waals surface area contributed by atoms with Crippen molar-refractivity contribution in [2.45, 2.75) is 19.6 Å². The van der Waals surface area contributed by atoms with Gasteiger partial charge in [0, 0.05) is 38.0 Å². The fraction of sp³-hybridized carbons (Fsp3) is 0.286. The maximum atomic E-state index is 12.6. The summed E-state index contributed by atoms with van der Waals surface area (Å²) in [6, 6.07) is 19.6. The molecular weight excluding hydrogens is 374 g/mol. The van der Waals surface area contributed by atoms with Gasteiger partial charge in [-0.15, -0.1) is 0 Å². The fourth-order valence-electron chi connectivity index (χ4n) is 2.91. The second-order valence-corrected chi connectivity index (χ2v) is 8.85. The third-order valence-electron chi connectivity index (χ3n) is 4.57. The van der Waals surface area contributed by atoms with Crippen molar-refractivity contribution in [3.63, 3.8) is 0 Å². The van der Waals surface area contributed by atoms with Gasteiger partial charge in [0.1, 0.15) is 0 Å². The zero-order chi connectivity index (χ0) is 20.1. The minimum Gasteiger partial charge on any atom is -0.381 e. The summed E-state index contributed by atoms with van der Waals surface area (Å²) in [6.45, 7) is 1.98. The Morgan fingerprint density at radius 2 is 1.68 bits per heavy atom. The number of hydrogen-bond acceptors (Lipinski definition) is 4. The smallest absolute Gasteiger partial charge is 0.216 e. The van der Waals surface area contributed by atoms with Crippen molar-refractivity contribution in [1.29, 1.82) is 0 Å². The standard InChI is InChI=1S/C21H25N3O3S/c1-17(27-3)16-28(25,26)23(2)14-19-15-24(20-12-8-5-9-13-20)22-21(19)18-10-6-4-7-11-18/h4-13,15,17H,14,16H2,1-3H3/t17-/m1/s1. The van der Waals surface area contributed by atoms with Crippen LogP contribution in [0.15, 0.2) is 66.9 Å². The monoisotopic (exact) mass is 399 g/mol. The third-order valence-corrected chi connectivity index (χ3v) is 6.54. The largest absolute Gasteiger partial charge is 0.381 e. The van der Waals surface area contributed by atoms with E-state index in [-0.39, 0.29) is 18.4 Å². The first-order valence-electron chi connectivity index (χ1n) is 9.07. The molecule has 0 radical (unpaired) electrons. The van der Waals surface area contributed by atoms with Crippen LogP contribution in [0.5, 0.6) is 0 Å². The Morgan fingerprint density at radius 3 is 2.29 bits per heavy atom. The summed E-state index contributed by atoms with van der Waals surface area (Å²) in [5.41, 5.74) is 3.48. The Kier molecular flexibility index (Phi) is 6.28. The van der Waals surface area contributed by atoms with E-state index in [1.54, 1.807) is 18.7 Å². The number of methoxy groups -OCH3 is 1. The summed E-state index contributed by atoms with van der Waals surface area (Å²) < 4.78 is 33.6. The molecule has 1 heterocycles. The second kappa shape index (κ2) is 8.68. The molecule has 1 aromatic heterocycles. The van der Waals surface area contributed by atoms with Gasteiger partial charge < -0.3 is 4.74 Å². The van der Waals surface area contributed by atoms with E-state index in [0.29, 0.717) is 0 Å². The molecule has 0 amide bonds. The molecule has 28 heavy (non-hydrogen) atoms. The lowest BCUT2D eigenvalue weighted by atomic mass is 10.1. The van der Waals surface area contributed by atoms with Gasteiger partial charge in [-0.25, -0.2) is 17.4 Å². The van der Waals surface area contributed by atoms with Gasteiger partial charge in [0.25, 0.3) is 0 Å². The van der Waals surface area contributed by atoms with Crippen LogP contribution in [0, 0.1) is 0 Å². The minimum atomic E-state index is -3.45. The van der Waals surface area contributed by atoms with Crippen molar-refractivity contribution >= 4 is 10.0 Å². The zero-order valence-corrected chi connectivity index (χ0v) is 17.1. The van der Waals surface area contributed by atoms with Crippen molar-refractivity contribution in [3.8, 4) is 16.9 Å². The molecule has 6 nitrogen and oxygen atoms in total. The lowest BCUT2D eigenvalue weighted by molar-refractivity contribution is 0.135. The molecule has 1 atom stereocenters. The molecule has 0 spiro atoms. The second-order valence-electron chi connectivity index (χ2n) is 6.73. The predicted molar refractivity (Wildman–Crippen MR) is 111 cm³/mol. The average molecular weight is 400 g/mol. The van der Waals surface area contributed by atoms with Crippen LogP contribution in [0.4, 0.5) is 0 Å². The summed E-state index contributed by atoms with van der Waals surface area (Å²) in [6.07, 6.45) is 1.52. The van der Waals surface area contributed by atoms with E-state index in [2.05, 4.69) is 0 Å². The highest BCUT2D eigenvalue weighted by Gasteiger charge is 2.23. The van der Waals surface area contributed by atoms with Crippen molar-refractivity contribution in [2.75, 3.05) is 19.9 Å². The van der Waals surface area contributed by atoms with E-state index >= 15 is 0 Å². The molecule has 148 valence electrons. The number of nitrogens with zero attached hydrogens (tertiary/aromatic N) is 3. The number of para-hydroxylation sites is 1. The maximum Gasteiger partial charge on any atom is 0.216 e. The first-order valence-corrected chi connectivity index (χ1v) is 10.7. The van der Waals surface area contributed by atoms with E-state index < -0.39 is 10.0 Å². The van der Waals surface area contributed by atoms with E-state index in [0.717, 1.165) is 22.5 Å². The Bertz CT molecular complexity index is 1000. The van der Waals surface area contributed by atoms with Gasteiger partial charge in [-0.05, 0) is 19.1 Å². The Balaban J connectivity index is 1.96. The summed E-state index contributed by atoms with van der Waals surface area (Å²) in [7, 11) is -0.352. The molecule has 7 heteroatoms. The normalized spacial score (nSPS) is 13.0. The van der Waals surface area contributed by atoms with Crippen molar-refractivity contribution in [2.24, 2.45) is 0 Å². The Hall–Kier alpha value is -2.48. The molecule has 0 bridgehead atoms. The summed E-state index contributed by atoms with van der Waals surface area (Å²) in [5, 5.41) is 4.73. The van der Waals surface area contributed by atoms with Crippen LogP contribution in [0.2, 0.25) is 0 Å². The first kappa shape index (κ1) is 20.3. The maximum absolute atomic E-state index is 12.6. The number of aromatic nitrogens is 2. The van der Waals surface area contributed by atoms with Crippen LogP contribution in [-0.4, -0.2) is 48.5 Å². The van der Waals surface area contributed by atoms with Gasteiger partial charge in [-0.3, -0.25) is 0 Å². The average Bonchev–Trinajstić information content (AvgIpc) is 3.12. The molecule has 0 aliphatic carbocycles. The van der Waals surface area contributed by atoms with Gasteiger partial charge >= 0.3 is 0 Å². The summed E-state index contributed by atoms with van der Waals surface area (Å²) in [5.74, 6) is -0.0620. The first-order chi connectivity index (χ1) is 13.4. The molecule has 0 saturated carbocycles. The minimum absolute atomic E-state index is 0.0620. The SMILES string of the molecule is CO[C@H](C)CS(=O)(=O)N(C)Cc1cn(-c2ccccc2)nc1-c1ccccc1. The van der Waals surface area contributed by atoms with E-state index in [9.17, 15) is 8.42 Å². The van der Waals surface area contributed by atoms with Crippen LogP contribution >= 0.6 is 0 Å². The number of sulfonamides is 1. The molecule has 0 N–H and O–H groups in total. The van der Waals surface area contributed by atoms with E-state index in [1.807, 2.05) is 66.9 Å². The molecule has 2 aromatic carbocycles. The highest BCUT2D eigenvalue weighted by molar-refractivity contribution is 7.89.